The highest BCUT2D eigenvalue weighted by atomic mass is 16.5. The van der Waals surface area contributed by atoms with Crippen molar-refractivity contribution in [2.75, 3.05) is 26.4 Å². The zero-order chi connectivity index (χ0) is 12.0. The van der Waals surface area contributed by atoms with Crippen LogP contribution in [0.2, 0.25) is 0 Å². The van der Waals surface area contributed by atoms with Crippen LogP contribution in [0.1, 0.15) is 26.7 Å². The van der Waals surface area contributed by atoms with Gasteiger partial charge in [0, 0.05) is 12.6 Å². The van der Waals surface area contributed by atoms with Gasteiger partial charge < -0.3 is 20.3 Å². The van der Waals surface area contributed by atoms with Gasteiger partial charge in [0.05, 0.1) is 25.9 Å². The Kier molecular flexibility index (Phi) is 6.28. The Morgan fingerprint density at radius 3 is 2.50 bits per heavy atom. The van der Waals surface area contributed by atoms with Crippen molar-refractivity contribution in [3.63, 3.8) is 0 Å². The van der Waals surface area contributed by atoms with Gasteiger partial charge in [-0.2, -0.15) is 0 Å². The van der Waals surface area contributed by atoms with Gasteiger partial charge in [0.2, 0.25) is 0 Å². The van der Waals surface area contributed by atoms with Crippen LogP contribution in [-0.2, 0) is 9.47 Å². The van der Waals surface area contributed by atoms with Crippen molar-refractivity contribution in [3.8, 4) is 0 Å². The van der Waals surface area contributed by atoms with Crippen molar-refractivity contribution >= 4 is 0 Å². The average molecular weight is 231 g/mol. The number of rotatable bonds is 9. The van der Waals surface area contributed by atoms with Crippen molar-refractivity contribution in [2.45, 2.75) is 38.8 Å². The summed E-state index contributed by atoms with van der Waals surface area (Å²) in [5.41, 5.74) is 5.97. The van der Waals surface area contributed by atoms with Gasteiger partial charge in [0.1, 0.15) is 0 Å². The molecule has 0 amide bonds. The Hall–Kier alpha value is -0.160. The van der Waals surface area contributed by atoms with Crippen LogP contribution in [0.15, 0.2) is 0 Å². The molecule has 0 bridgehead atoms. The third-order valence-electron chi connectivity index (χ3n) is 2.79. The molecule has 1 rings (SSSR count). The van der Waals surface area contributed by atoms with Gasteiger partial charge in [-0.3, -0.25) is 0 Å². The van der Waals surface area contributed by atoms with Gasteiger partial charge in [-0.05, 0) is 24.7 Å². The molecule has 0 aromatic rings. The highest BCUT2D eigenvalue weighted by molar-refractivity contribution is 4.89. The number of nitrogens with two attached hydrogens (primary N) is 1. The van der Waals surface area contributed by atoms with E-state index in [4.69, 9.17) is 15.2 Å². The van der Waals surface area contributed by atoms with Crippen molar-refractivity contribution in [1.82, 2.24) is 0 Å². The zero-order valence-corrected chi connectivity index (χ0v) is 10.4. The fourth-order valence-corrected chi connectivity index (χ4v) is 1.65. The summed E-state index contributed by atoms with van der Waals surface area (Å²) in [5, 5.41) is 9.17. The molecule has 4 nitrogen and oxygen atoms in total. The first-order valence-electron chi connectivity index (χ1n) is 6.21. The van der Waals surface area contributed by atoms with Gasteiger partial charge in [0.25, 0.3) is 0 Å². The third-order valence-corrected chi connectivity index (χ3v) is 2.79. The van der Waals surface area contributed by atoms with Crippen LogP contribution < -0.4 is 5.73 Å². The number of aliphatic hydroxyl groups excluding tert-OH is 1. The largest absolute Gasteiger partial charge is 0.394 e. The van der Waals surface area contributed by atoms with Gasteiger partial charge in [0.15, 0.2) is 0 Å². The van der Waals surface area contributed by atoms with Crippen molar-refractivity contribution in [2.24, 2.45) is 17.6 Å². The van der Waals surface area contributed by atoms with E-state index in [0.29, 0.717) is 25.0 Å². The smallest absolute Gasteiger partial charge is 0.0959 e. The molecule has 2 unspecified atom stereocenters. The minimum absolute atomic E-state index is 0.00183. The fraction of sp³-hybridized carbons (Fsp3) is 1.00. The minimum atomic E-state index is -0.227. The molecule has 0 spiro atoms. The van der Waals surface area contributed by atoms with Crippen LogP contribution >= 0.6 is 0 Å². The summed E-state index contributed by atoms with van der Waals surface area (Å²) in [6.45, 7) is 6.06. The van der Waals surface area contributed by atoms with Crippen LogP contribution in [0.25, 0.3) is 0 Å². The molecule has 96 valence electrons. The summed E-state index contributed by atoms with van der Waals surface area (Å²) in [6.07, 6.45) is 2.12. The molecule has 0 saturated heterocycles. The number of hydrogen-bond acceptors (Lipinski definition) is 4. The molecule has 0 heterocycles. The summed E-state index contributed by atoms with van der Waals surface area (Å²) >= 11 is 0. The Morgan fingerprint density at radius 1 is 1.31 bits per heavy atom. The Labute approximate surface area is 98.1 Å². The fourth-order valence-electron chi connectivity index (χ4n) is 1.65. The molecule has 3 N–H and O–H groups in total. The number of aliphatic hydroxyl groups is 1. The van der Waals surface area contributed by atoms with E-state index in [2.05, 4.69) is 13.8 Å². The molecule has 0 aromatic heterocycles. The second-order valence-electron chi connectivity index (χ2n) is 4.98. The van der Waals surface area contributed by atoms with Crippen LogP contribution in [0, 0.1) is 11.8 Å². The first-order valence-corrected chi connectivity index (χ1v) is 6.21. The lowest BCUT2D eigenvalue weighted by Gasteiger charge is -2.22. The maximum atomic E-state index is 9.17. The lowest BCUT2D eigenvalue weighted by Crippen LogP contribution is -2.41. The van der Waals surface area contributed by atoms with Crippen molar-refractivity contribution in [3.05, 3.63) is 0 Å². The van der Waals surface area contributed by atoms with E-state index in [1.807, 2.05) is 0 Å². The maximum absolute atomic E-state index is 9.17. The Morgan fingerprint density at radius 2 is 2.00 bits per heavy atom. The van der Waals surface area contributed by atoms with E-state index in [1.54, 1.807) is 0 Å². The predicted octanol–water partition coefficient (Wildman–Crippen LogP) is 0.774. The van der Waals surface area contributed by atoms with Gasteiger partial charge in [-0.1, -0.05) is 13.8 Å². The lowest BCUT2D eigenvalue weighted by molar-refractivity contribution is -0.0358. The highest BCUT2D eigenvalue weighted by Gasteiger charge is 2.34. The molecule has 1 aliphatic rings. The topological polar surface area (TPSA) is 64.7 Å². The molecule has 1 aliphatic carbocycles. The van der Waals surface area contributed by atoms with Gasteiger partial charge >= 0.3 is 0 Å². The summed E-state index contributed by atoms with van der Waals surface area (Å²) in [7, 11) is 0. The van der Waals surface area contributed by atoms with Crippen molar-refractivity contribution in [1.29, 1.82) is 0 Å². The molecule has 0 radical (unpaired) electrons. The third kappa shape index (κ3) is 5.25. The molecule has 16 heavy (non-hydrogen) atoms. The normalized spacial score (nSPS) is 20.1. The van der Waals surface area contributed by atoms with E-state index in [0.717, 1.165) is 6.61 Å². The van der Waals surface area contributed by atoms with E-state index in [-0.39, 0.29) is 18.8 Å². The standard InChI is InChI=1S/C12H25NO3/c1-9(2)8-15-5-6-16-11(7-14)12(13)10-3-4-10/h9-12,14H,3-8,13H2,1-2H3. The highest BCUT2D eigenvalue weighted by Crippen LogP contribution is 2.33. The average Bonchev–Trinajstić information content (AvgIpc) is 3.05. The van der Waals surface area contributed by atoms with Crippen LogP contribution in [0.3, 0.4) is 0 Å². The first kappa shape index (κ1) is 13.9. The van der Waals surface area contributed by atoms with E-state index in [9.17, 15) is 5.11 Å². The van der Waals surface area contributed by atoms with Gasteiger partial charge in [-0.15, -0.1) is 0 Å². The second kappa shape index (κ2) is 7.22. The summed E-state index contributed by atoms with van der Waals surface area (Å²) in [4.78, 5) is 0. The summed E-state index contributed by atoms with van der Waals surface area (Å²) < 4.78 is 10.9. The van der Waals surface area contributed by atoms with Crippen molar-refractivity contribution < 1.29 is 14.6 Å². The summed E-state index contributed by atoms with van der Waals surface area (Å²) in [6, 6.07) is -0.0184. The van der Waals surface area contributed by atoms with Crippen LogP contribution in [-0.4, -0.2) is 43.7 Å². The molecule has 2 atom stereocenters. The predicted molar refractivity (Wildman–Crippen MR) is 63.2 cm³/mol. The second-order valence-corrected chi connectivity index (χ2v) is 4.98. The molecule has 0 aromatic carbocycles. The van der Waals surface area contributed by atoms with E-state index in [1.165, 1.54) is 12.8 Å². The molecular weight excluding hydrogens is 206 g/mol. The molecular formula is C12H25NO3. The summed E-state index contributed by atoms with van der Waals surface area (Å²) in [5.74, 6) is 1.09. The minimum Gasteiger partial charge on any atom is -0.394 e. The molecule has 4 heteroatoms. The quantitative estimate of drug-likeness (QED) is 0.575. The van der Waals surface area contributed by atoms with Crippen LogP contribution in [0.4, 0.5) is 0 Å². The molecule has 0 aliphatic heterocycles. The number of hydrogen-bond donors (Lipinski definition) is 2. The zero-order valence-electron chi connectivity index (χ0n) is 10.4. The SMILES string of the molecule is CC(C)COCCOC(CO)C(N)C1CC1. The monoisotopic (exact) mass is 231 g/mol. The van der Waals surface area contributed by atoms with E-state index < -0.39 is 0 Å². The molecule has 1 fully saturated rings. The van der Waals surface area contributed by atoms with Gasteiger partial charge in [-0.25, -0.2) is 0 Å². The maximum Gasteiger partial charge on any atom is 0.0959 e. The Bertz CT molecular complexity index is 183. The first-order chi connectivity index (χ1) is 7.65. The lowest BCUT2D eigenvalue weighted by atomic mass is 10.1. The number of ether oxygens (including phenoxy) is 2. The van der Waals surface area contributed by atoms with Crippen LogP contribution in [0.5, 0.6) is 0 Å². The van der Waals surface area contributed by atoms with E-state index >= 15 is 0 Å². The Balaban J connectivity index is 2.04. The molecule has 1 saturated carbocycles.